The van der Waals surface area contributed by atoms with Crippen LogP contribution in [0, 0.1) is 0 Å². The lowest BCUT2D eigenvalue weighted by molar-refractivity contribution is -0.115. The second-order valence-electron chi connectivity index (χ2n) is 5.15. The van der Waals surface area contributed by atoms with E-state index in [1.165, 1.54) is 6.08 Å². The average Bonchev–Trinajstić information content (AvgIpc) is 2.48. The van der Waals surface area contributed by atoms with E-state index in [9.17, 15) is 9.90 Å². The van der Waals surface area contributed by atoms with E-state index in [4.69, 9.17) is 0 Å². The largest absolute Gasteiger partial charge is 0.512 e. The molecule has 2 atom stereocenters. The van der Waals surface area contributed by atoms with E-state index in [0.29, 0.717) is 6.42 Å². The summed E-state index contributed by atoms with van der Waals surface area (Å²) < 4.78 is 0. The highest BCUT2D eigenvalue weighted by Gasteiger charge is 2.33. The van der Waals surface area contributed by atoms with E-state index < -0.39 is 0 Å². The second-order valence-corrected chi connectivity index (χ2v) is 5.15. The van der Waals surface area contributed by atoms with Gasteiger partial charge in [0.2, 0.25) is 0 Å². The first kappa shape index (κ1) is 12.7. The molecular weight excluding hydrogens is 248 g/mol. The Morgan fingerprint density at radius 1 is 0.850 bits per heavy atom. The van der Waals surface area contributed by atoms with Gasteiger partial charge in [-0.2, -0.15) is 0 Å². The SMILES string of the molecule is O=C1C=C(O)C(c2ccccc2)C(c2ccccc2)C1. The van der Waals surface area contributed by atoms with E-state index in [1.807, 2.05) is 60.7 Å². The molecule has 0 saturated carbocycles. The van der Waals surface area contributed by atoms with Gasteiger partial charge in [-0.25, -0.2) is 0 Å². The number of rotatable bonds is 2. The second kappa shape index (κ2) is 5.33. The number of carbonyl (C=O) groups excluding carboxylic acids is 1. The Hall–Kier alpha value is -2.35. The summed E-state index contributed by atoms with van der Waals surface area (Å²) in [5, 5.41) is 10.3. The highest BCUT2D eigenvalue weighted by atomic mass is 16.3. The fourth-order valence-electron chi connectivity index (χ4n) is 2.93. The van der Waals surface area contributed by atoms with Crippen molar-refractivity contribution in [1.29, 1.82) is 0 Å². The fraction of sp³-hybridized carbons (Fsp3) is 0.167. The zero-order valence-electron chi connectivity index (χ0n) is 11.1. The molecule has 20 heavy (non-hydrogen) atoms. The first-order chi connectivity index (χ1) is 9.75. The van der Waals surface area contributed by atoms with Crippen molar-refractivity contribution in [2.24, 2.45) is 0 Å². The molecule has 0 bridgehead atoms. The monoisotopic (exact) mass is 264 g/mol. The normalized spacial score (nSPS) is 22.4. The van der Waals surface area contributed by atoms with Crippen LogP contribution < -0.4 is 0 Å². The maximum absolute atomic E-state index is 11.8. The molecule has 1 aliphatic carbocycles. The third-order valence-electron chi connectivity index (χ3n) is 3.84. The topological polar surface area (TPSA) is 37.3 Å². The lowest BCUT2D eigenvalue weighted by atomic mass is 9.74. The van der Waals surface area contributed by atoms with Crippen LogP contribution in [-0.2, 0) is 4.79 Å². The highest BCUT2D eigenvalue weighted by Crippen LogP contribution is 2.42. The molecule has 0 aliphatic heterocycles. The van der Waals surface area contributed by atoms with Crippen LogP contribution in [-0.4, -0.2) is 10.9 Å². The lowest BCUT2D eigenvalue weighted by Crippen LogP contribution is -2.22. The predicted octanol–water partition coefficient (Wildman–Crippen LogP) is 3.97. The Morgan fingerprint density at radius 2 is 1.40 bits per heavy atom. The van der Waals surface area contributed by atoms with E-state index in [0.717, 1.165) is 11.1 Å². The summed E-state index contributed by atoms with van der Waals surface area (Å²) in [6.07, 6.45) is 1.81. The maximum Gasteiger partial charge on any atom is 0.159 e. The van der Waals surface area contributed by atoms with Gasteiger partial charge in [-0.3, -0.25) is 4.79 Å². The van der Waals surface area contributed by atoms with Gasteiger partial charge in [-0.1, -0.05) is 60.7 Å². The van der Waals surface area contributed by atoms with Gasteiger partial charge in [0.05, 0.1) is 0 Å². The lowest BCUT2D eigenvalue weighted by Gasteiger charge is -2.30. The summed E-state index contributed by atoms with van der Waals surface area (Å²) in [6.45, 7) is 0. The summed E-state index contributed by atoms with van der Waals surface area (Å²) in [5.74, 6) is 0.0113. The summed E-state index contributed by atoms with van der Waals surface area (Å²) in [7, 11) is 0. The molecule has 2 unspecified atom stereocenters. The van der Waals surface area contributed by atoms with Crippen molar-refractivity contribution in [1.82, 2.24) is 0 Å². The van der Waals surface area contributed by atoms with Crippen LogP contribution in [0.4, 0.5) is 0 Å². The predicted molar refractivity (Wildman–Crippen MR) is 78.7 cm³/mol. The average molecular weight is 264 g/mol. The number of hydrogen-bond donors (Lipinski definition) is 1. The molecule has 0 fully saturated rings. The number of hydrogen-bond acceptors (Lipinski definition) is 2. The Morgan fingerprint density at radius 3 is 2.00 bits per heavy atom. The molecule has 0 amide bonds. The van der Waals surface area contributed by atoms with Crippen LogP contribution in [0.25, 0.3) is 0 Å². The molecule has 0 radical (unpaired) electrons. The first-order valence-electron chi connectivity index (χ1n) is 6.79. The Labute approximate surface area is 118 Å². The van der Waals surface area contributed by atoms with Crippen LogP contribution in [0.1, 0.15) is 29.4 Å². The van der Waals surface area contributed by atoms with Gasteiger partial charge in [0.15, 0.2) is 5.78 Å². The maximum atomic E-state index is 11.8. The molecule has 0 aromatic heterocycles. The zero-order valence-corrected chi connectivity index (χ0v) is 11.1. The molecule has 0 heterocycles. The first-order valence-corrected chi connectivity index (χ1v) is 6.79. The minimum Gasteiger partial charge on any atom is -0.512 e. The zero-order chi connectivity index (χ0) is 13.9. The molecule has 2 heteroatoms. The van der Waals surface area contributed by atoms with Crippen LogP contribution >= 0.6 is 0 Å². The summed E-state index contributed by atoms with van der Waals surface area (Å²) in [5.41, 5.74) is 2.14. The van der Waals surface area contributed by atoms with Crippen molar-refractivity contribution in [3.8, 4) is 0 Å². The summed E-state index contributed by atoms with van der Waals surface area (Å²) in [4.78, 5) is 11.8. The Bertz CT molecular complexity index is 629. The third-order valence-corrected chi connectivity index (χ3v) is 3.84. The van der Waals surface area contributed by atoms with Crippen LogP contribution in [0.3, 0.4) is 0 Å². The van der Waals surface area contributed by atoms with Crippen LogP contribution in [0.15, 0.2) is 72.5 Å². The smallest absolute Gasteiger partial charge is 0.159 e. The van der Waals surface area contributed by atoms with Gasteiger partial charge in [0.25, 0.3) is 0 Å². The van der Waals surface area contributed by atoms with Crippen molar-refractivity contribution in [3.63, 3.8) is 0 Å². The molecule has 2 aromatic rings. The Kier molecular flexibility index (Phi) is 3.38. The molecule has 1 aliphatic rings. The molecule has 100 valence electrons. The Balaban J connectivity index is 2.07. The van der Waals surface area contributed by atoms with E-state index in [-0.39, 0.29) is 23.4 Å². The minimum atomic E-state index is -0.142. The van der Waals surface area contributed by atoms with Crippen LogP contribution in [0.2, 0.25) is 0 Å². The van der Waals surface area contributed by atoms with Gasteiger partial charge >= 0.3 is 0 Å². The number of aliphatic hydroxyl groups excluding tert-OH is 1. The third kappa shape index (κ3) is 2.37. The van der Waals surface area contributed by atoms with Crippen molar-refractivity contribution in [2.45, 2.75) is 18.3 Å². The number of ketones is 1. The van der Waals surface area contributed by atoms with Crippen molar-refractivity contribution in [2.75, 3.05) is 0 Å². The fourth-order valence-corrected chi connectivity index (χ4v) is 2.93. The molecule has 3 rings (SSSR count). The molecule has 2 nitrogen and oxygen atoms in total. The van der Waals surface area contributed by atoms with Gasteiger partial charge in [-0.15, -0.1) is 0 Å². The number of carbonyl (C=O) groups is 1. The van der Waals surface area contributed by atoms with Gasteiger partial charge in [0.1, 0.15) is 5.76 Å². The highest BCUT2D eigenvalue weighted by molar-refractivity contribution is 5.92. The minimum absolute atomic E-state index is 0.00361. The van der Waals surface area contributed by atoms with Crippen LogP contribution in [0.5, 0.6) is 0 Å². The molecule has 2 aromatic carbocycles. The quantitative estimate of drug-likeness (QED) is 0.891. The van der Waals surface area contributed by atoms with Crippen molar-refractivity contribution in [3.05, 3.63) is 83.6 Å². The molecular formula is C18H16O2. The van der Waals surface area contributed by atoms with Crippen molar-refractivity contribution < 1.29 is 9.90 Å². The van der Waals surface area contributed by atoms with Gasteiger partial charge in [0, 0.05) is 24.3 Å². The van der Waals surface area contributed by atoms with E-state index in [2.05, 4.69) is 0 Å². The molecule has 0 saturated heterocycles. The van der Waals surface area contributed by atoms with Gasteiger partial charge in [-0.05, 0) is 11.1 Å². The summed E-state index contributed by atoms with van der Waals surface area (Å²) >= 11 is 0. The standard InChI is InChI=1S/C18H16O2/c19-15-11-16(13-7-3-1-4-8-13)18(17(20)12-15)14-9-5-2-6-10-14/h1-10,12,16,18,20H,11H2. The molecule has 0 spiro atoms. The molecule has 1 N–H and O–H groups in total. The van der Waals surface area contributed by atoms with E-state index >= 15 is 0 Å². The van der Waals surface area contributed by atoms with Gasteiger partial charge < -0.3 is 5.11 Å². The number of allylic oxidation sites excluding steroid dienone is 2. The van der Waals surface area contributed by atoms with E-state index in [1.54, 1.807) is 0 Å². The summed E-state index contributed by atoms with van der Waals surface area (Å²) in [6, 6.07) is 19.8. The number of benzene rings is 2. The number of aliphatic hydroxyl groups is 1. The van der Waals surface area contributed by atoms with Crippen molar-refractivity contribution >= 4 is 5.78 Å².